The molecule has 0 spiro atoms. The van der Waals surface area contributed by atoms with Crippen LogP contribution in [0.4, 0.5) is 10.2 Å². The molecule has 0 saturated carbocycles. The van der Waals surface area contributed by atoms with Crippen LogP contribution in [0.15, 0.2) is 36.5 Å². The Labute approximate surface area is 150 Å². The average molecular weight is 364 g/mol. The van der Waals surface area contributed by atoms with Crippen molar-refractivity contribution < 1.29 is 14.0 Å². The van der Waals surface area contributed by atoms with Gasteiger partial charge in [-0.2, -0.15) is 5.10 Å². The van der Waals surface area contributed by atoms with E-state index in [1.165, 1.54) is 24.3 Å². The molecule has 1 N–H and O–H groups in total. The van der Waals surface area contributed by atoms with Crippen molar-refractivity contribution in [2.75, 3.05) is 5.32 Å². The summed E-state index contributed by atoms with van der Waals surface area (Å²) in [5.74, 6) is -0.344. The number of carbonyl (C=O) groups is 2. The number of nitrogens with one attached hydrogen (secondary N) is 1. The second-order valence-electron chi connectivity index (χ2n) is 5.58. The molecule has 0 bridgehead atoms. The highest BCUT2D eigenvalue weighted by atomic mass is 35.5. The van der Waals surface area contributed by atoms with E-state index in [9.17, 15) is 14.0 Å². The zero-order valence-corrected chi connectivity index (χ0v) is 14.6. The average Bonchev–Trinajstić information content (AvgIpc) is 2.98. The van der Waals surface area contributed by atoms with Crippen molar-refractivity contribution in [3.8, 4) is 0 Å². The molecule has 5 nitrogen and oxygen atoms in total. The fraction of sp³-hybridized carbons (Fsp3) is 0.278. The van der Waals surface area contributed by atoms with Crippen LogP contribution in [-0.2, 0) is 16.1 Å². The number of aromatic nitrogens is 2. The SMILES string of the molecule is CC(=O)CCCCn1ccc(NC(=O)/C=C/c2c(F)cccc2Cl)n1. The van der Waals surface area contributed by atoms with Crippen molar-refractivity contribution in [3.05, 3.63) is 52.9 Å². The van der Waals surface area contributed by atoms with Crippen molar-refractivity contribution in [1.29, 1.82) is 0 Å². The van der Waals surface area contributed by atoms with Gasteiger partial charge in [-0.05, 0) is 38.0 Å². The Bertz CT molecular complexity index is 766. The second-order valence-corrected chi connectivity index (χ2v) is 5.99. The van der Waals surface area contributed by atoms with Crippen LogP contribution < -0.4 is 5.32 Å². The highest BCUT2D eigenvalue weighted by Crippen LogP contribution is 2.20. The Morgan fingerprint density at radius 2 is 2.12 bits per heavy atom. The van der Waals surface area contributed by atoms with Gasteiger partial charge in [0, 0.05) is 36.9 Å². The van der Waals surface area contributed by atoms with Gasteiger partial charge in [-0.25, -0.2) is 4.39 Å². The van der Waals surface area contributed by atoms with Gasteiger partial charge in [-0.15, -0.1) is 0 Å². The lowest BCUT2D eigenvalue weighted by Gasteiger charge is -2.01. The summed E-state index contributed by atoms with van der Waals surface area (Å²) >= 11 is 5.90. The number of anilines is 1. The van der Waals surface area contributed by atoms with Gasteiger partial charge in [-0.1, -0.05) is 17.7 Å². The van der Waals surface area contributed by atoms with Crippen LogP contribution in [-0.4, -0.2) is 21.5 Å². The summed E-state index contributed by atoms with van der Waals surface area (Å²) in [6, 6.07) is 6.00. The first-order valence-corrected chi connectivity index (χ1v) is 8.29. The molecule has 0 unspecified atom stereocenters. The number of carbonyl (C=O) groups excluding carboxylic acids is 2. The lowest BCUT2D eigenvalue weighted by Crippen LogP contribution is -2.09. The summed E-state index contributed by atoms with van der Waals surface area (Å²) in [7, 11) is 0. The van der Waals surface area contributed by atoms with E-state index in [1.54, 1.807) is 29.9 Å². The number of halogens is 2. The smallest absolute Gasteiger partial charge is 0.249 e. The molecule has 2 rings (SSSR count). The fourth-order valence-electron chi connectivity index (χ4n) is 2.20. The van der Waals surface area contributed by atoms with Crippen molar-refractivity contribution >= 4 is 35.2 Å². The first-order valence-electron chi connectivity index (χ1n) is 7.91. The molecule has 0 atom stereocenters. The van der Waals surface area contributed by atoms with Gasteiger partial charge in [-0.3, -0.25) is 9.48 Å². The molecular weight excluding hydrogens is 345 g/mol. The first-order chi connectivity index (χ1) is 12.0. The summed E-state index contributed by atoms with van der Waals surface area (Å²) in [4.78, 5) is 22.8. The third-order valence-corrected chi connectivity index (χ3v) is 3.79. The van der Waals surface area contributed by atoms with Gasteiger partial charge in [0.2, 0.25) is 5.91 Å². The molecule has 0 aliphatic heterocycles. The molecule has 1 aromatic heterocycles. The molecule has 2 aromatic rings. The molecule has 0 saturated heterocycles. The molecule has 0 radical (unpaired) electrons. The lowest BCUT2D eigenvalue weighted by atomic mass is 10.2. The number of Topliss-reactive ketones (excluding diaryl/α,β-unsaturated/α-hetero) is 1. The van der Waals surface area contributed by atoms with E-state index in [0.29, 0.717) is 18.8 Å². The second kappa shape index (κ2) is 9.13. The Morgan fingerprint density at radius 3 is 2.84 bits per heavy atom. The van der Waals surface area contributed by atoms with Gasteiger partial charge in [0.05, 0.1) is 5.02 Å². The number of aryl methyl sites for hydroxylation is 1. The normalized spacial score (nSPS) is 11.0. The monoisotopic (exact) mass is 363 g/mol. The maximum absolute atomic E-state index is 13.6. The summed E-state index contributed by atoms with van der Waals surface area (Å²) < 4.78 is 15.3. The fourth-order valence-corrected chi connectivity index (χ4v) is 2.42. The Balaban J connectivity index is 1.87. The predicted molar refractivity (Wildman–Crippen MR) is 95.8 cm³/mol. The topological polar surface area (TPSA) is 64.0 Å². The molecule has 25 heavy (non-hydrogen) atoms. The Kier molecular flexibility index (Phi) is 6.89. The summed E-state index contributed by atoms with van der Waals surface area (Å²) in [6.07, 6.45) is 6.49. The third kappa shape index (κ3) is 6.15. The minimum atomic E-state index is -0.494. The van der Waals surface area contributed by atoms with Crippen LogP contribution in [0, 0.1) is 5.82 Å². The highest BCUT2D eigenvalue weighted by Gasteiger charge is 2.06. The molecule has 1 heterocycles. The quantitative estimate of drug-likeness (QED) is 0.567. The number of hydrogen-bond donors (Lipinski definition) is 1. The van der Waals surface area contributed by atoms with Crippen LogP contribution in [0.5, 0.6) is 0 Å². The molecule has 0 aliphatic carbocycles. The van der Waals surface area contributed by atoms with E-state index in [1.807, 2.05) is 0 Å². The maximum Gasteiger partial charge on any atom is 0.249 e. The summed E-state index contributed by atoms with van der Waals surface area (Å²) in [6.45, 7) is 2.24. The number of unbranched alkanes of at least 4 members (excludes halogenated alkanes) is 1. The van der Waals surface area contributed by atoms with E-state index in [2.05, 4.69) is 10.4 Å². The molecular formula is C18H19ClFN3O2. The van der Waals surface area contributed by atoms with Crippen molar-refractivity contribution in [1.82, 2.24) is 9.78 Å². The van der Waals surface area contributed by atoms with Gasteiger partial charge in [0.1, 0.15) is 11.6 Å². The van der Waals surface area contributed by atoms with Gasteiger partial charge in [0.25, 0.3) is 0 Å². The van der Waals surface area contributed by atoms with E-state index >= 15 is 0 Å². The molecule has 0 fully saturated rings. The molecule has 7 heteroatoms. The maximum atomic E-state index is 13.6. The standard InChI is InChI=1S/C18H19ClFN3O2/c1-13(24)5-2-3-11-23-12-10-17(22-23)21-18(25)9-8-14-15(19)6-4-7-16(14)20/h4,6-10,12H,2-3,5,11H2,1H3,(H,21,22,25)/b9-8+. The van der Waals surface area contributed by atoms with Gasteiger partial charge < -0.3 is 10.1 Å². The number of nitrogens with zero attached hydrogens (tertiary/aromatic N) is 2. The van der Waals surface area contributed by atoms with E-state index < -0.39 is 11.7 Å². The van der Waals surface area contributed by atoms with Crippen LogP contribution in [0.3, 0.4) is 0 Å². The predicted octanol–water partition coefficient (Wildman–Crippen LogP) is 4.09. The third-order valence-electron chi connectivity index (χ3n) is 3.46. The number of benzene rings is 1. The van der Waals surface area contributed by atoms with E-state index in [0.717, 1.165) is 12.8 Å². The number of rotatable bonds is 8. The van der Waals surface area contributed by atoms with Crippen molar-refractivity contribution in [3.63, 3.8) is 0 Å². The summed E-state index contributed by atoms with van der Waals surface area (Å²) in [5, 5.41) is 7.06. The minimum Gasteiger partial charge on any atom is -0.306 e. The number of amides is 1. The van der Waals surface area contributed by atoms with Gasteiger partial charge in [0.15, 0.2) is 5.82 Å². The summed E-state index contributed by atoms with van der Waals surface area (Å²) in [5.41, 5.74) is 0.162. The first kappa shape index (κ1) is 18.9. The molecule has 132 valence electrons. The van der Waals surface area contributed by atoms with E-state index in [-0.39, 0.29) is 16.4 Å². The zero-order valence-electron chi connectivity index (χ0n) is 13.8. The lowest BCUT2D eigenvalue weighted by molar-refractivity contribution is -0.117. The van der Waals surface area contributed by atoms with E-state index in [4.69, 9.17) is 11.6 Å². The zero-order chi connectivity index (χ0) is 18.2. The van der Waals surface area contributed by atoms with Gasteiger partial charge >= 0.3 is 0 Å². The number of ketones is 1. The van der Waals surface area contributed by atoms with Crippen molar-refractivity contribution in [2.24, 2.45) is 0 Å². The Morgan fingerprint density at radius 1 is 1.32 bits per heavy atom. The van der Waals surface area contributed by atoms with Crippen LogP contribution in [0.25, 0.3) is 6.08 Å². The molecule has 1 amide bonds. The van der Waals surface area contributed by atoms with Crippen LogP contribution in [0.2, 0.25) is 5.02 Å². The Hall–Kier alpha value is -2.47. The minimum absolute atomic E-state index is 0.162. The largest absolute Gasteiger partial charge is 0.306 e. The van der Waals surface area contributed by atoms with Crippen LogP contribution >= 0.6 is 11.6 Å². The number of hydrogen-bond acceptors (Lipinski definition) is 3. The molecule has 0 aliphatic rings. The van der Waals surface area contributed by atoms with Crippen LogP contribution in [0.1, 0.15) is 31.7 Å². The molecule has 1 aromatic carbocycles. The highest BCUT2D eigenvalue weighted by molar-refractivity contribution is 6.32. The van der Waals surface area contributed by atoms with Crippen molar-refractivity contribution in [2.45, 2.75) is 32.7 Å².